The Balaban J connectivity index is 2.66. The minimum atomic E-state index is -0.404. The van der Waals surface area contributed by atoms with Gasteiger partial charge in [0.1, 0.15) is 10.8 Å². The van der Waals surface area contributed by atoms with Crippen LogP contribution in [-0.2, 0) is 4.79 Å². The first-order valence-electron chi connectivity index (χ1n) is 5.73. The Morgan fingerprint density at radius 3 is 2.53 bits per heavy atom. The van der Waals surface area contributed by atoms with Gasteiger partial charge < -0.3 is 10.2 Å². The topological polar surface area (TPSA) is 75.2 Å². The van der Waals surface area contributed by atoms with Gasteiger partial charge in [-0.25, -0.2) is 4.98 Å². The fourth-order valence-corrected chi connectivity index (χ4v) is 1.53. The summed E-state index contributed by atoms with van der Waals surface area (Å²) in [6, 6.07) is 0. The van der Waals surface area contributed by atoms with Crippen molar-refractivity contribution < 1.29 is 9.59 Å². The van der Waals surface area contributed by atoms with Crippen LogP contribution < -0.4 is 5.32 Å². The zero-order chi connectivity index (χ0) is 14.6. The highest BCUT2D eigenvalue weighted by molar-refractivity contribution is 6.29. The number of nitrogens with one attached hydrogen (secondary N) is 1. The number of amides is 2. The first-order valence-corrected chi connectivity index (χ1v) is 6.11. The predicted molar refractivity (Wildman–Crippen MR) is 71.9 cm³/mol. The maximum Gasteiger partial charge on any atom is 0.274 e. The molecule has 0 aliphatic rings. The van der Waals surface area contributed by atoms with Crippen molar-refractivity contribution in [2.75, 3.05) is 13.6 Å². The second kappa shape index (κ2) is 5.97. The number of carbonyl (C=O) groups excluding carboxylic acids is 2. The first-order chi connectivity index (χ1) is 8.69. The third-order valence-electron chi connectivity index (χ3n) is 2.07. The number of hydrogen-bond acceptors (Lipinski definition) is 4. The minimum absolute atomic E-state index is 0.0513. The van der Waals surface area contributed by atoms with Crippen LogP contribution in [0.3, 0.4) is 0 Å². The molecule has 0 aliphatic heterocycles. The highest BCUT2D eigenvalue weighted by Crippen LogP contribution is 2.05. The van der Waals surface area contributed by atoms with Crippen molar-refractivity contribution in [2.24, 2.45) is 0 Å². The highest BCUT2D eigenvalue weighted by Gasteiger charge is 2.19. The summed E-state index contributed by atoms with van der Waals surface area (Å²) in [5.74, 6) is -0.641. The molecule has 1 aromatic rings. The van der Waals surface area contributed by atoms with Crippen molar-refractivity contribution in [3.05, 3.63) is 23.2 Å². The molecule has 0 unspecified atom stereocenters. The Bertz CT molecular complexity index is 485. The Morgan fingerprint density at radius 1 is 1.37 bits per heavy atom. The van der Waals surface area contributed by atoms with Crippen LogP contribution in [0.4, 0.5) is 0 Å². The standard InChI is InChI=1S/C12H17ClN4O2/c1-12(2,3)16-10(18)7-17(4)11(19)8-5-14-6-9(13)15-8/h5-6H,7H2,1-4H3,(H,16,18). The maximum atomic E-state index is 12.0. The van der Waals surface area contributed by atoms with Gasteiger partial charge in [0, 0.05) is 12.6 Å². The second-order valence-corrected chi connectivity index (χ2v) is 5.57. The van der Waals surface area contributed by atoms with Gasteiger partial charge >= 0.3 is 0 Å². The van der Waals surface area contributed by atoms with Gasteiger partial charge in [-0.2, -0.15) is 0 Å². The molecule has 0 aromatic carbocycles. The molecule has 1 heterocycles. The van der Waals surface area contributed by atoms with Gasteiger partial charge in [-0.1, -0.05) is 11.6 Å². The highest BCUT2D eigenvalue weighted by atomic mass is 35.5. The normalized spacial score (nSPS) is 11.0. The van der Waals surface area contributed by atoms with Gasteiger partial charge in [0.25, 0.3) is 5.91 Å². The number of likely N-dealkylation sites (N-methyl/N-ethyl adjacent to an activating group) is 1. The lowest BCUT2D eigenvalue weighted by Gasteiger charge is -2.23. The van der Waals surface area contributed by atoms with Crippen molar-refractivity contribution in [1.82, 2.24) is 20.2 Å². The molecule has 0 atom stereocenters. The zero-order valence-electron chi connectivity index (χ0n) is 11.4. The average molecular weight is 285 g/mol. The first kappa shape index (κ1) is 15.4. The van der Waals surface area contributed by atoms with E-state index in [0.717, 1.165) is 0 Å². The fraction of sp³-hybridized carbons (Fsp3) is 0.500. The summed E-state index contributed by atoms with van der Waals surface area (Å²) in [5.41, 5.74) is -0.227. The van der Waals surface area contributed by atoms with E-state index in [0.29, 0.717) is 0 Å². The molecule has 7 heteroatoms. The molecule has 19 heavy (non-hydrogen) atoms. The Morgan fingerprint density at radius 2 is 2.00 bits per heavy atom. The number of rotatable bonds is 3. The Kier molecular flexibility index (Phi) is 4.83. The van der Waals surface area contributed by atoms with Crippen molar-refractivity contribution in [1.29, 1.82) is 0 Å². The van der Waals surface area contributed by atoms with E-state index in [1.54, 1.807) is 0 Å². The molecule has 0 bridgehead atoms. The number of nitrogens with zero attached hydrogens (tertiary/aromatic N) is 3. The van der Waals surface area contributed by atoms with E-state index >= 15 is 0 Å². The van der Waals surface area contributed by atoms with Crippen molar-refractivity contribution in [3.63, 3.8) is 0 Å². The molecule has 0 saturated carbocycles. The minimum Gasteiger partial charge on any atom is -0.350 e. The van der Waals surface area contributed by atoms with Crippen LogP contribution in [0.15, 0.2) is 12.4 Å². The van der Waals surface area contributed by atoms with Gasteiger partial charge in [0.2, 0.25) is 5.91 Å². The summed E-state index contributed by atoms with van der Waals surface area (Å²) in [7, 11) is 1.52. The van der Waals surface area contributed by atoms with Crippen LogP contribution in [-0.4, -0.2) is 45.8 Å². The largest absolute Gasteiger partial charge is 0.350 e. The fourth-order valence-electron chi connectivity index (χ4n) is 1.39. The smallest absolute Gasteiger partial charge is 0.274 e. The van der Waals surface area contributed by atoms with Gasteiger partial charge in [0.15, 0.2) is 0 Å². The molecule has 0 saturated heterocycles. The summed E-state index contributed by atoms with van der Waals surface area (Å²) in [6.07, 6.45) is 2.65. The van der Waals surface area contributed by atoms with E-state index in [4.69, 9.17) is 11.6 Å². The lowest BCUT2D eigenvalue weighted by molar-refractivity contribution is -0.122. The molecule has 1 N–H and O–H groups in total. The summed E-state index contributed by atoms with van der Waals surface area (Å²) in [4.78, 5) is 32.6. The quantitative estimate of drug-likeness (QED) is 0.902. The number of hydrogen-bond donors (Lipinski definition) is 1. The van der Waals surface area contributed by atoms with Crippen LogP contribution >= 0.6 is 11.6 Å². The van der Waals surface area contributed by atoms with E-state index in [2.05, 4.69) is 15.3 Å². The summed E-state index contributed by atoms with van der Waals surface area (Å²) >= 11 is 5.66. The molecule has 1 aromatic heterocycles. The molecular formula is C12H17ClN4O2. The van der Waals surface area contributed by atoms with E-state index in [1.165, 1.54) is 24.3 Å². The third kappa shape index (κ3) is 5.21. The summed E-state index contributed by atoms with van der Waals surface area (Å²) in [6.45, 7) is 5.56. The molecular weight excluding hydrogens is 268 g/mol. The summed E-state index contributed by atoms with van der Waals surface area (Å²) < 4.78 is 0. The molecule has 6 nitrogen and oxygen atoms in total. The Labute approximate surface area is 117 Å². The lowest BCUT2D eigenvalue weighted by Crippen LogP contribution is -2.46. The van der Waals surface area contributed by atoms with Crippen LogP contribution in [0.1, 0.15) is 31.3 Å². The monoisotopic (exact) mass is 284 g/mol. The van der Waals surface area contributed by atoms with Crippen molar-refractivity contribution in [2.45, 2.75) is 26.3 Å². The molecule has 0 radical (unpaired) electrons. The van der Waals surface area contributed by atoms with E-state index < -0.39 is 5.91 Å². The van der Waals surface area contributed by atoms with E-state index in [1.807, 2.05) is 20.8 Å². The van der Waals surface area contributed by atoms with Gasteiger partial charge in [-0.05, 0) is 20.8 Å². The molecule has 0 spiro atoms. The van der Waals surface area contributed by atoms with Crippen LogP contribution in [0, 0.1) is 0 Å². The van der Waals surface area contributed by atoms with Gasteiger partial charge in [-0.3, -0.25) is 14.6 Å². The molecule has 1 rings (SSSR count). The van der Waals surface area contributed by atoms with Crippen molar-refractivity contribution >= 4 is 23.4 Å². The Hall–Kier alpha value is -1.69. The number of halogens is 1. The number of aromatic nitrogens is 2. The second-order valence-electron chi connectivity index (χ2n) is 5.19. The van der Waals surface area contributed by atoms with Crippen LogP contribution in [0.5, 0.6) is 0 Å². The molecule has 2 amide bonds. The van der Waals surface area contributed by atoms with Gasteiger partial charge in [0.05, 0.1) is 18.9 Å². The van der Waals surface area contributed by atoms with Crippen molar-refractivity contribution in [3.8, 4) is 0 Å². The maximum absolute atomic E-state index is 12.0. The average Bonchev–Trinajstić information content (AvgIpc) is 2.25. The van der Waals surface area contributed by atoms with Crippen LogP contribution in [0.2, 0.25) is 5.15 Å². The molecule has 0 fully saturated rings. The van der Waals surface area contributed by atoms with Crippen LogP contribution in [0.25, 0.3) is 0 Å². The van der Waals surface area contributed by atoms with E-state index in [-0.39, 0.29) is 28.8 Å². The predicted octanol–water partition coefficient (Wildman–Crippen LogP) is 1.12. The SMILES string of the molecule is CN(CC(=O)NC(C)(C)C)C(=O)c1cncc(Cl)n1. The summed E-state index contributed by atoms with van der Waals surface area (Å²) in [5, 5.41) is 2.91. The molecule has 0 aliphatic carbocycles. The number of carbonyl (C=O) groups is 2. The third-order valence-corrected chi connectivity index (χ3v) is 2.25. The zero-order valence-corrected chi connectivity index (χ0v) is 12.2. The lowest BCUT2D eigenvalue weighted by atomic mass is 10.1. The molecule has 104 valence electrons. The van der Waals surface area contributed by atoms with E-state index in [9.17, 15) is 9.59 Å². The van der Waals surface area contributed by atoms with Gasteiger partial charge in [-0.15, -0.1) is 0 Å².